The maximum Gasteiger partial charge on any atom is 0.336 e. The fraction of sp³-hybridized carbons (Fsp3) is 0.455. The molecule has 1 aliphatic heterocycles. The summed E-state index contributed by atoms with van der Waals surface area (Å²) < 4.78 is 15.9. The molecule has 0 radical (unpaired) electrons. The van der Waals surface area contributed by atoms with E-state index >= 15 is 0 Å². The molecule has 156 valence electrons. The van der Waals surface area contributed by atoms with Crippen molar-refractivity contribution in [2.75, 3.05) is 26.9 Å². The molecule has 2 N–H and O–H groups in total. The minimum Gasteiger partial charge on any atom is -0.504 e. The van der Waals surface area contributed by atoms with Crippen molar-refractivity contribution < 1.29 is 28.9 Å². The van der Waals surface area contributed by atoms with Crippen LogP contribution in [0.15, 0.2) is 40.7 Å². The number of nitrogens with one attached hydrogen (secondary N) is 1. The largest absolute Gasteiger partial charge is 0.504 e. The van der Waals surface area contributed by atoms with Crippen LogP contribution in [0.25, 0.3) is 0 Å². The number of aromatic hydroxyl groups is 1. The van der Waals surface area contributed by atoms with Gasteiger partial charge in [-0.05, 0) is 44.4 Å². The molecule has 3 rings (SSSR count). The fourth-order valence-electron chi connectivity index (χ4n) is 3.86. The number of allylic oxidation sites excluding steroid dienone is 3. The monoisotopic (exact) mass is 401 g/mol. The number of ether oxygens (including phenoxy) is 3. The maximum atomic E-state index is 12.9. The molecular weight excluding hydrogens is 374 g/mol. The van der Waals surface area contributed by atoms with Gasteiger partial charge < -0.3 is 24.6 Å². The zero-order valence-electron chi connectivity index (χ0n) is 17.0. The van der Waals surface area contributed by atoms with Gasteiger partial charge in [-0.2, -0.15) is 0 Å². The number of carbonyl (C=O) groups excluding carboxylic acids is 2. The van der Waals surface area contributed by atoms with E-state index in [1.165, 1.54) is 13.2 Å². The van der Waals surface area contributed by atoms with E-state index in [0.29, 0.717) is 41.2 Å². The van der Waals surface area contributed by atoms with Crippen LogP contribution >= 0.6 is 0 Å². The van der Waals surface area contributed by atoms with Crippen LogP contribution < -0.4 is 10.1 Å². The number of rotatable bonds is 7. The Morgan fingerprint density at radius 2 is 2.07 bits per heavy atom. The summed E-state index contributed by atoms with van der Waals surface area (Å²) in [5, 5.41) is 13.3. The first-order chi connectivity index (χ1) is 14.0. The molecule has 1 aliphatic carbocycles. The lowest BCUT2D eigenvalue weighted by Crippen LogP contribution is -2.34. The third-order valence-electron chi connectivity index (χ3n) is 5.13. The summed E-state index contributed by atoms with van der Waals surface area (Å²) in [6, 6.07) is 4.94. The van der Waals surface area contributed by atoms with Crippen molar-refractivity contribution in [1.82, 2.24) is 5.32 Å². The van der Waals surface area contributed by atoms with Crippen molar-refractivity contribution in [2.24, 2.45) is 0 Å². The highest BCUT2D eigenvalue weighted by Gasteiger charge is 2.39. The summed E-state index contributed by atoms with van der Waals surface area (Å²) in [7, 11) is 1.53. The van der Waals surface area contributed by atoms with E-state index in [4.69, 9.17) is 14.2 Å². The number of ketones is 1. The Kier molecular flexibility index (Phi) is 6.59. The minimum atomic E-state index is -0.575. The number of phenols is 1. The van der Waals surface area contributed by atoms with E-state index in [1.54, 1.807) is 12.1 Å². The number of phenolic OH excluding ortho intramolecular Hbond substituents is 1. The molecule has 1 heterocycles. The first-order valence-corrected chi connectivity index (χ1v) is 9.83. The molecule has 1 aromatic carbocycles. The molecule has 29 heavy (non-hydrogen) atoms. The third-order valence-corrected chi connectivity index (χ3v) is 5.13. The molecule has 0 fully saturated rings. The van der Waals surface area contributed by atoms with Gasteiger partial charge in [-0.1, -0.05) is 6.07 Å². The van der Waals surface area contributed by atoms with Gasteiger partial charge in [0.1, 0.15) is 6.61 Å². The first kappa shape index (κ1) is 20.9. The lowest BCUT2D eigenvalue weighted by molar-refractivity contribution is -0.140. The smallest absolute Gasteiger partial charge is 0.336 e. The van der Waals surface area contributed by atoms with E-state index in [-0.39, 0.29) is 24.7 Å². The summed E-state index contributed by atoms with van der Waals surface area (Å²) in [6.45, 7) is 4.43. The van der Waals surface area contributed by atoms with Crippen LogP contribution in [0, 0.1) is 0 Å². The highest BCUT2D eigenvalue weighted by Crippen LogP contribution is 2.44. The van der Waals surface area contributed by atoms with Crippen LogP contribution in [0.3, 0.4) is 0 Å². The van der Waals surface area contributed by atoms with Crippen molar-refractivity contribution in [2.45, 2.75) is 39.0 Å². The average Bonchev–Trinajstić information content (AvgIpc) is 2.69. The van der Waals surface area contributed by atoms with Gasteiger partial charge in [0, 0.05) is 36.4 Å². The number of hydrogen-bond acceptors (Lipinski definition) is 7. The molecule has 2 aliphatic rings. The van der Waals surface area contributed by atoms with Gasteiger partial charge in [0.15, 0.2) is 17.3 Å². The Hall–Kier alpha value is -2.80. The highest BCUT2D eigenvalue weighted by molar-refractivity contribution is 6.03. The first-order valence-electron chi connectivity index (χ1n) is 9.83. The summed E-state index contributed by atoms with van der Waals surface area (Å²) in [5.41, 5.74) is 3.20. The average molecular weight is 401 g/mol. The van der Waals surface area contributed by atoms with Crippen LogP contribution in [0.2, 0.25) is 0 Å². The Bertz CT molecular complexity index is 870. The van der Waals surface area contributed by atoms with Crippen molar-refractivity contribution in [3.63, 3.8) is 0 Å². The highest BCUT2D eigenvalue weighted by atomic mass is 16.6. The summed E-state index contributed by atoms with van der Waals surface area (Å²) in [5.74, 6) is -0.719. The summed E-state index contributed by atoms with van der Waals surface area (Å²) in [4.78, 5) is 25.8. The quantitative estimate of drug-likeness (QED) is 0.536. The second-order valence-electron chi connectivity index (χ2n) is 7.05. The van der Waals surface area contributed by atoms with E-state index in [9.17, 15) is 14.7 Å². The molecule has 7 nitrogen and oxygen atoms in total. The number of dihydropyridines is 1. The number of methoxy groups -OCH3 is 1. The predicted molar refractivity (Wildman–Crippen MR) is 107 cm³/mol. The molecule has 7 heteroatoms. The molecule has 1 unspecified atom stereocenters. The molecule has 0 saturated heterocycles. The Morgan fingerprint density at radius 3 is 2.79 bits per heavy atom. The number of benzene rings is 1. The van der Waals surface area contributed by atoms with Gasteiger partial charge in [0.2, 0.25) is 0 Å². The van der Waals surface area contributed by atoms with Crippen molar-refractivity contribution in [3.05, 3.63) is 46.3 Å². The van der Waals surface area contributed by atoms with Gasteiger partial charge in [-0.15, -0.1) is 0 Å². The predicted octanol–water partition coefficient (Wildman–Crippen LogP) is 2.95. The van der Waals surface area contributed by atoms with Crippen molar-refractivity contribution >= 4 is 11.8 Å². The number of carbonyl (C=O) groups is 2. The fourth-order valence-corrected chi connectivity index (χ4v) is 3.86. The number of hydrogen-bond donors (Lipinski definition) is 2. The number of Topliss-reactive ketones (excluding diaryl/α,β-unsaturated/α-hetero) is 1. The van der Waals surface area contributed by atoms with Crippen molar-refractivity contribution in [3.8, 4) is 11.5 Å². The van der Waals surface area contributed by atoms with E-state index in [0.717, 1.165) is 18.5 Å². The molecule has 1 atom stereocenters. The normalized spacial score (nSPS) is 19.0. The molecular formula is C22H27NO6. The van der Waals surface area contributed by atoms with E-state index in [2.05, 4.69) is 5.32 Å². The van der Waals surface area contributed by atoms with Crippen LogP contribution in [0.1, 0.15) is 44.6 Å². The van der Waals surface area contributed by atoms with Crippen LogP contribution in [0.5, 0.6) is 11.5 Å². The topological polar surface area (TPSA) is 94.1 Å². The SMILES string of the molecule is CCOc1cc(C2C(C(=O)OCCOC)=C(C)NC3=C2C(=O)CCC3)ccc1O. The minimum absolute atomic E-state index is 0.0126. The van der Waals surface area contributed by atoms with Crippen LogP contribution in [0.4, 0.5) is 0 Å². The van der Waals surface area contributed by atoms with Gasteiger partial charge in [-0.25, -0.2) is 4.79 Å². The van der Waals surface area contributed by atoms with E-state index in [1.807, 2.05) is 13.8 Å². The lowest BCUT2D eigenvalue weighted by atomic mass is 9.75. The zero-order chi connectivity index (χ0) is 21.0. The molecule has 1 aromatic rings. The molecule has 0 bridgehead atoms. The molecule has 0 amide bonds. The van der Waals surface area contributed by atoms with E-state index < -0.39 is 11.9 Å². The Balaban J connectivity index is 2.08. The lowest BCUT2D eigenvalue weighted by Gasteiger charge is -2.34. The van der Waals surface area contributed by atoms with Crippen LogP contribution in [-0.2, 0) is 19.1 Å². The Morgan fingerprint density at radius 1 is 1.28 bits per heavy atom. The summed E-state index contributed by atoms with van der Waals surface area (Å²) >= 11 is 0. The van der Waals surface area contributed by atoms with Gasteiger partial charge in [-0.3, -0.25) is 4.79 Å². The standard InChI is InChI=1S/C22H27NO6/c1-4-28-18-12-14(8-9-16(18)24)20-19(22(26)29-11-10-27-3)13(2)23-15-6-5-7-17(25)21(15)20/h8-9,12,20,23-24H,4-7,10-11H2,1-3H3. The second-order valence-corrected chi connectivity index (χ2v) is 7.05. The molecule has 0 aromatic heterocycles. The second kappa shape index (κ2) is 9.13. The zero-order valence-corrected chi connectivity index (χ0v) is 17.0. The molecule has 0 saturated carbocycles. The van der Waals surface area contributed by atoms with Gasteiger partial charge >= 0.3 is 5.97 Å². The Labute approximate surface area is 170 Å². The van der Waals surface area contributed by atoms with Gasteiger partial charge in [0.25, 0.3) is 0 Å². The van der Waals surface area contributed by atoms with Crippen LogP contribution in [-0.4, -0.2) is 43.8 Å². The summed E-state index contributed by atoms with van der Waals surface area (Å²) in [6.07, 6.45) is 1.97. The third kappa shape index (κ3) is 4.29. The van der Waals surface area contributed by atoms with Crippen molar-refractivity contribution in [1.29, 1.82) is 0 Å². The molecule has 0 spiro atoms. The maximum absolute atomic E-state index is 12.9. The number of esters is 1. The van der Waals surface area contributed by atoms with Gasteiger partial charge in [0.05, 0.1) is 18.8 Å².